The molecule has 1 amide bonds. The number of likely N-dealkylation sites (tertiary alicyclic amines) is 1. The first-order chi connectivity index (χ1) is 6.25. The molecule has 1 aliphatic heterocycles. The van der Waals surface area contributed by atoms with Crippen molar-refractivity contribution < 1.29 is 9.53 Å². The highest BCUT2D eigenvalue weighted by Crippen LogP contribution is 2.16. The van der Waals surface area contributed by atoms with E-state index in [1.165, 1.54) is 0 Å². The molecule has 1 rings (SSSR count). The smallest absolute Gasteiger partial charge is 0.248 e. The fourth-order valence-electron chi connectivity index (χ4n) is 1.69. The van der Waals surface area contributed by atoms with Crippen LogP contribution in [0.4, 0.5) is 0 Å². The Kier molecular flexibility index (Phi) is 4.22. The Morgan fingerprint density at radius 2 is 2.38 bits per heavy atom. The Morgan fingerprint density at radius 3 is 2.92 bits per heavy atom. The number of carbonyl (C=O) groups is 1. The summed E-state index contributed by atoms with van der Waals surface area (Å²) in [6, 6.07) is 0.415. The molecule has 3 heteroatoms. The van der Waals surface area contributed by atoms with Gasteiger partial charge in [-0.1, -0.05) is 6.92 Å². The number of amides is 1. The van der Waals surface area contributed by atoms with E-state index in [1.54, 1.807) is 0 Å². The summed E-state index contributed by atoms with van der Waals surface area (Å²) in [4.78, 5) is 13.5. The second-order valence-corrected chi connectivity index (χ2v) is 3.63. The molecule has 1 saturated heterocycles. The van der Waals surface area contributed by atoms with Crippen LogP contribution in [0.25, 0.3) is 0 Å². The lowest BCUT2D eigenvalue weighted by Crippen LogP contribution is -2.36. The molecule has 1 atom stereocenters. The van der Waals surface area contributed by atoms with Crippen LogP contribution in [0.2, 0.25) is 0 Å². The lowest BCUT2D eigenvalue weighted by Gasteiger charge is -2.21. The van der Waals surface area contributed by atoms with Crippen LogP contribution in [-0.4, -0.2) is 36.6 Å². The van der Waals surface area contributed by atoms with E-state index >= 15 is 0 Å². The summed E-state index contributed by atoms with van der Waals surface area (Å²) in [7, 11) is 0. The van der Waals surface area contributed by atoms with Crippen molar-refractivity contribution in [3.8, 4) is 0 Å². The average molecular weight is 185 g/mol. The minimum Gasteiger partial charge on any atom is -0.372 e. The normalized spacial score (nSPS) is 22.3. The molecule has 0 aromatic rings. The third-order valence-electron chi connectivity index (χ3n) is 2.45. The second-order valence-electron chi connectivity index (χ2n) is 3.63. The molecule has 1 fully saturated rings. The maximum Gasteiger partial charge on any atom is 0.248 e. The Labute approximate surface area is 80.1 Å². The van der Waals surface area contributed by atoms with E-state index in [1.807, 2.05) is 11.8 Å². The van der Waals surface area contributed by atoms with Crippen molar-refractivity contribution in [3.63, 3.8) is 0 Å². The van der Waals surface area contributed by atoms with Crippen LogP contribution >= 0.6 is 0 Å². The monoisotopic (exact) mass is 185 g/mol. The predicted octanol–water partition coefficient (Wildman–Crippen LogP) is 1.42. The van der Waals surface area contributed by atoms with Crippen LogP contribution in [0.3, 0.4) is 0 Å². The number of nitrogens with zero attached hydrogens (tertiary/aromatic N) is 1. The molecule has 0 aromatic heterocycles. The third-order valence-corrected chi connectivity index (χ3v) is 2.45. The minimum atomic E-state index is 0.151. The van der Waals surface area contributed by atoms with Crippen molar-refractivity contribution in [2.75, 3.05) is 19.8 Å². The maximum absolute atomic E-state index is 11.5. The van der Waals surface area contributed by atoms with Crippen molar-refractivity contribution in [1.29, 1.82) is 0 Å². The van der Waals surface area contributed by atoms with Crippen LogP contribution in [0.15, 0.2) is 0 Å². The van der Waals surface area contributed by atoms with E-state index in [0.29, 0.717) is 12.6 Å². The molecule has 1 heterocycles. The lowest BCUT2D eigenvalue weighted by atomic mass is 10.2. The van der Waals surface area contributed by atoms with E-state index in [4.69, 9.17) is 4.74 Å². The molecule has 0 N–H and O–H groups in total. The summed E-state index contributed by atoms with van der Waals surface area (Å²) < 4.78 is 5.21. The van der Waals surface area contributed by atoms with Crippen molar-refractivity contribution in [3.05, 3.63) is 0 Å². The fourth-order valence-corrected chi connectivity index (χ4v) is 1.69. The van der Waals surface area contributed by atoms with Gasteiger partial charge in [-0.25, -0.2) is 0 Å². The molecule has 0 bridgehead atoms. The SMILES string of the molecule is CCCOCC(=O)N1CCCC1C. The number of hydrogen-bond donors (Lipinski definition) is 0. The summed E-state index contributed by atoms with van der Waals surface area (Å²) >= 11 is 0. The molecule has 1 unspecified atom stereocenters. The Morgan fingerprint density at radius 1 is 1.62 bits per heavy atom. The molecule has 0 radical (unpaired) electrons. The van der Waals surface area contributed by atoms with E-state index in [-0.39, 0.29) is 12.5 Å². The Bertz CT molecular complexity index is 170. The van der Waals surface area contributed by atoms with Crippen molar-refractivity contribution >= 4 is 5.91 Å². The highest BCUT2D eigenvalue weighted by atomic mass is 16.5. The zero-order valence-electron chi connectivity index (χ0n) is 8.58. The maximum atomic E-state index is 11.5. The van der Waals surface area contributed by atoms with Crippen LogP contribution in [0.1, 0.15) is 33.1 Å². The van der Waals surface area contributed by atoms with Crippen molar-refractivity contribution in [1.82, 2.24) is 4.90 Å². The highest BCUT2D eigenvalue weighted by Gasteiger charge is 2.24. The van der Waals surface area contributed by atoms with E-state index in [0.717, 1.165) is 25.8 Å². The molecule has 1 aliphatic rings. The first-order valence-corrected chi connectivity index (χ1v) is 5.13. The number of carbonyl (C=O) groups excluding carboxylic acids is 1. The fraction of sp³-hybridized carbons (Fsp3) is 0.900. The van der Waals surface area contributed by atoms with Gasteiger partial charge >= 0.3 is 0 Å². The molecule has 3 nitrogen and oxygen atoms in total. The summed E-state index contributed by atoms with van der Waals surface area (Å²) in [5, 5.41) is 0. The van der Waals surface area contributed by atoms with Gasteiger partial charge < -0.3 is 9.64 Å². The minimum absolute atomic E-state index is 0.151. The van der Waals surface area contributed by atoms with Crippen LogP contribution in [0, 0.1) is 0 Å². The number of hydrogen-bond acceptors (Lipinski definition) is 2. The Hall–Kier alpha value is -0.570. The molecule has 13 heavy (non-hydrogen) atoms. The van der Waals surface area contributed by atoms with Gasteiger partial charge in [0, 0.05) is 19.2 Å². The molecule has 0 aliphatic carbocycles. The van der Waals surface area contributed by atoms with Gasteiger partial charge in [0.05, 0.1) is 0 Å². The second kappa shape index (κ2) is 5.22. The first-order valence-electron chi connectivity index (χ1n) is 5.13. The third kappa shape index (κ3) is 2.99. The molecular formula is C10H19NO2. The van der Waals surface area contributed by atoms with E-state index in [9.17, 15) is 4.79 Å². The summed E-state index contributed by atoms with van der Waals surface area (Å²) in [6.45, 7) is 6.01. The standard InChI is InChI=1S/C10H19NO2/c1-3-7-13-8-10(12)11-6-4-5-9(11)2/h9H,3-8H2,1-2H3. The number of ether oxygens (including phenoxy) is 1. The zero-order chi connectivity index (χ0) is 9.68. The van der Waals surface area contributed by atoms with Crippen molar-refractivity contribution in [2.24, 2.45) is 0 Å². The molecular weight excluding hydrogens is 166 g/mol. The van der Waals surface area contributed by atoms with Gasteiger partial charge in [-0.15, -0.1) is 0 Å². The van der Waals surface area contributed by atoms with Gasteiger partial charge in [0.2, 0.25) is 5.91 Å². The van der Waals surface area contributed by atoms with Gasteiger partial charge in [0.1, 0.15) is 6.61 Å². The summed E-state index contributed by atoms with van der Waals surface area (Å²) in [5.41, 5.74) is 0. The molecule has 0 spiro atoms. The van der Waals surface area contributed by atoms with E-state index in [2.05, 4.69) is 6.92 Å². The lowest BCUT2D eigenvalue weighted by molar-refractivity contribution is -0.136. The van der Waals surface area contributed by atoms with Gasteiger partial charge in [-0.05, 0) is 26.2 Å². The van der Waals surface area contributed by atoms with E-state index < -0.39 is 0 Å². The first kappa shape index (κ1) is 10.5. The van der Waals surface area contributed by atoms with Gasteiger partial charge in [0.25, 0.3) is 0 Å². The quantitative estimate of drug-likeness (QED) is 0.620. The molecule has 76 valence electrons. The topological polar surface area (TPSA) is 29.5 Å². The van der Waals surface area contributed by atoms with Crippen LogP contribution < -0.4 is 0 Å². The molecule has 0 saturated carbocycles. The predicted molar refractivity (Wildman–Crippen MR) is 51.5 cm³/mol. The van der Waals surface area contributed by atoms with Crippen LogP contribution in [0.5, 0.6) is 0 Å². The largest absolute Gasteiger partial charge is 0.372 e. The summed E-state index contributed by atoms with van der Waals surface area (Å²) in [5.74, 6) is 0.151. The average Bonchev–Trinajstić information content (AvgIpc) is 2.52. The van der Waals surface area contributed by atoms with Gasteiger partial charge in [0.15, 0.2) is 0 Å². The number of rotatable bonds is 4. The van der Waals surface area contributed by atoms with Crippen molar-refractivity contribution in [2.45, 2.75) is 39.2 Å². The summed E-state index contributed by atoms with van der Waals surface area (Å²) in [6.07, 6.45) is 3.25. The van der Waals surface area contributed by atoms with Crippen LogP contribution in [-0.2, 0) is 9.53 Å². The molecule has 0 aromatic carbocycles. The Balaban J connectivity index is 2.22. The van der Waals surface area contributed by atoms with Gasteiger partial charge in [-0.3, -0.25) is 4.79 Å². The zero-order valence-corrected chi connectivity index (χ0v) is 8.58. The van der Waals surface area contributed by atoms with Gasteiger partial charge in [-0.2, -0.15) is 0 Å². The highest BCUT2D eigenvalue weighted by molar-refractivity contribution is 5.78.